The van der Waals surface area contributed by atoms with E-state index in [4.69, 9.17) is 4.74 Å². The van der Waals surface area contributed by atoms with Crippen LogP contribution >= 0.6 is 0 Å². The summed E-state index contributed by atoms with van der Waals surface area (Å²) in [6, 6.07) is 5.24. The number of rotatable bonds is 5. The van der Waals surface area contributed by atoms with E-state index in [0.717, 1.165) is 5.56 Å². The zero-order valence-corrected chi connectivity index (χ0v) is 9.62. The van der Waals surface area contributed by atoms with Gasteiger partial charge in [-0.05, 0) is 24.1 Å². The van der Waals surface area contributed by atoms with Crippen LogP contribution in [0.3, 0.4) is 0 Å². The Labute approximate surface area is 95.2 Å². The summed E-state index contributed by atoms with van der Waals surface area (Å²) in [7, 11) is 1.51. The van der Waals surface area contributed by atoms with Gasteiger partial charge >= 0.3 is 0 Å². The molecule has 0 atom stereocenters. The number of phenols is 1. The molecule has 0 aliphatic rings. The van der Waals surface area contributed by atoms with Crippen LogP contribution < -0.4 is 10.1 Å². The second kappa shape index (κ2) is 6.00. The molecule has 1 amide bonds. The van der Waals surface area contributed by atoms with Gasteiger partial charge < -0.3 is 15.2 Å². The summed E-state index contributed by atoms with van der Waals surface area (Å²) in [5.41, 5.74) is 0.967. The molecule has 16 heavy (non-hydrogen) atoms. The molecule has 1 rings (SSSR count). The van der Waals surface area contributed by atoms with E-state index in [1.165, 1.54) is 7.11 Å². The summed E-state index contributed by atoms with van der Waals surface area (Å²) in [5.74, 6) is 0.626. The summed E-state index contributed by atoms with van der Waals surface area (Å²) >= 11 is 0. The van der Waals surface area contributed by atoms with Gasteiger partial charge in [0.2, 0.25) is 5.91 Å². The van der Waals surface area contributed by atoms with E-state index in [-0.39, 0.29) is 11.7 Å². The third-order valence-corrected chi connectivity index (χ3v) is 2.30. The molecule has 0 bridgehead atoms. The topological polar surface area (TPSA) is 58.6 Å². The zero-order chi connectivity index (χ0) is 12.0. The molecule has 0 saturated carbocycles. The molecule has 0 aliphatic carbocycles. The third kappa shape index (κ3) is 3.46. The van der Waals surface area contributed by atoms with Crippen LogP contribution in [-0.2, 0) is 11.2 Å². The molecular formula is C12H17NO3. The Kier molecular flexibility index (Phi) is 4.64. The summed E-state index contributed by atoms with van der Waals surface area (Å²) in [5, 5.41) is 12.3. The minimum absolute atomic E-state index is 0.0396. The minimum atomic E-state index is 0.0396. The third-order valence-electron chi connectivity index (χ3n) is 2.30. The van der Waals surface area contributed by atoms with Crippen molar-refractivity contribution >= 4 is 5.91 Å². The van der Waals surface area contributed by atoms with Crippen LogP contribution in [0.1, 0.15) is 18.9 Å². The van der Waals surface area contributed by atoms with Gasteiger partial charge in [-0.1, -0.05) is 13.0 Å². The monoisotopic (exact) mass is 223 g/mol. The van der Waals surface area contributed by atoms with E-state index >= 15 is 0 Å². The lowest BCUT2D eigenvalue weighted by atomic mass is 10.1. The first-order valence-corrected chi connectivity index (χ1v) is 5.30. The summed E-state index contributed by atoms with van der Waals surface area (Å²) < 4.78 is 4.94. The summed E-state index contributed by atoms with van der Waals surface area (Å²) in [6.07, 6.45) is 1.19. The highest BCUT2D eigenvalue weighted by molar-refractivity contribution is 5.75. The van der Waals surface area contributed by atoms with Gasteiger partial charge in [0.25, 0.3) is 0 Å². The molecule has 2 N–H and O–H groups in total. The first kappa shape index (κ1) is 12.4. The van der Waals surface area contributed by atoms with Gasteiger partial charge in [-0.25, -0.2) is 0 Å². The lowest BCUT2D eigenvalue weighted by molar-refractivity contribution is -0.120. The fourth-order valence-electron chi connectivity index (χ4n) is 1.36. The van der Waals surface area contributed by atoms with Crippen molar-refractivity contribution in [3.8, 4) is 11.5 Å². The van der Waals surface area contributed by atoms with Gasteiger partial charge in [-0.15, -0.1) is 0 Å². The highest BCUT2D eigenvalue weighted by atomic mass is 16.5. The summed E-state index contributed by atoms with van der Waals surface area (Å²) in [6.45, 7) is 2.40. The van der Waals surface area contributed by atoms with E-state index in [9.17, 15) is 9.90 Å². The smallest absolute Gasteiger partial charge is 0.219 e. The van der Waals surface area contributed by atoms with Crippen LogP contribution in [0.15, 0.2) is 18.2 Å². The Bertz CT molecular complexity index is 363. The number of amides is 1. The molecule has 4 nitrogen and oxygen atoms in total. The highest BCUT2D eigenvalue weighted by Gasteiger charge is 2.02. The van der Waals surface area contributed by atoms with Crippen LogP contribution in [0.2, 0.25) is 0 Å². The van der Waals surface area contributed by atoms with Gasteiger partial charge in [0.1, 0.15) is 0 Å². The average Bonchev–Trinajstić information content (AvgIpc) is 2.29. The van der Waals surface area contributed by atoms with E-state index in [1.54, 1.807) is 12.1 Å². The maximum atomic E-state index is 11.0. The van der Waals surface area contributed by atoms with Crippen molar-refractivity contribution in [3.05, 3.63) is 23.8 Å². The van der Waals surface area contributed by atoms with Crippen molar-refractivity contribution in [2.45, 2.75) is 19.8 Å². The molecule has 0 saturated heterocycles. The summed E-state index contributed by atoms with van der Waals surface area (Å²) in [4.78, 5) is 11.0. The molecule has 88 valence electrons. The quantitative estimate of drug-likeness (QED) is 0.794. The first-order chi connectivity index (χ1) is 7.67. The minimum Gasteiger partial charge on any atom is -0.504 e. The predicted octanol–water partition coefficient (Wildman–Crippen LogP) is 1.47. The second-order valence-electron chi connectivity index (χ2n) is 3.46. The SMILES string of the molecule is CCC(=O)NCCc1ccc(OC)c(O)c1. The molecule has 1 aromatic rings. The normalized spacial score (nSPS) is 9.88. The fraction of sp³-hybridized carbons (Fsp3) is 0.417. The Balaban J connectivity index is 2.49. The van der Waals surface area contributed by atoms with Crippen molar-refractivity contribution in [2.24, 2.45) is 0 Å². The highest BCUT2D eigenvalue weighted by Crippen LogP contribution is 2.26. The molecule has 0 spiro atoms. The van der Waals surface area contributed by atoms with E-state index in [0.29, 0.717) is 25.1 Å². The maximum Gasteiger partial charge on any atom is 0.219 e. The van der Waals surface area contributed by atoms with Gasteiger partial charge in [0.05, 0.1) is 7.11 Å². The van der Waals surface area contributed by atoms with Gasteiger partial charge in [-0.2, -0.15) is 0 Å². The molecule has 1 aromatic carbocycles. The van der Waals surface area contributed by atoms with Gasteiger partial charge in [0.15, 0.2) is 11.5 Å². The van der Waals surface area contributed by atoms with Crippen molar-refractivity contribution < 1.29 is 14.6 Å². The predicted molar refractivity (Wildman–Crippen MR) is 61.7 cm³/mol. The number of ether oxygens (including phenoxy) is 1. The van der Waals surface area contributed by atoms with Crippen LogP contribution in [-0.4, -0.2) is 24.7 Å². The number of hydrogen-bond donors (Lipinski definition) is 2. The molecular weight excluding hydrogens is 206 g/mol. The van der Waals surface area contributed by atoms with Crippen LogP contribution in [0.5, 0.6) is 11.5 Å². The number of carbonyl (C=O) groups excluding carboxylic acids is 1. The Morgan fingerprint density at radius 2 is 2.25 bits per heavy atom. The largest absolute Gasteiger partial charge is 0.504 e. The molecule has 0 fully saturated rings. The molecule has 0 heterocycles. The number of methoxy groups -OCH3 is 1. The number of hydrogen-bond acceptors (Lipinski definition) is 3. The second-order valence-corrected chi connectivity index (χ2v) is 3.46. The number of nitrogens with one attached hydrogen (secondary N) is 1. The molecule has 4 heteroatoms. The van der Waals surface area contributed by atoms with E-state index < -0.39 is 0 Å². The number of phenolic OH excluding ortho intramolecular Hbond substituents is 1. The Hall–Kier alpha value is -1.71. The fourth-order valence-corrected chi connectivity index (χ4v) is 1.36. The van der Waals surface area contributed by atoms with Crippen LogP contribution in [0.25, 0.3) is 0 Å². The Morgan fingerprint density at radius 3 is 2.81 bits per heavy atom. The number of carbonyl (C=O) groups is 1. The molecule has 0 aromatic heterocycles. The van der Waals surface area contributed by atoms with Crippen molar-refractivity contribution in [3.63, 3.8) is 0 Å². The number of aromatic hydroxyl groups is 1. The van der Waals surface area contributed by atoms with Gasteiger partial charge in [0, 0.05) is 13.0 Å². The van der Waals surface area contributed by atoms with E-state index in [1.807, 2.05) is 13.0 Å². The Morgan fingerprint density at radius 1 is 1.50 bits per heavy atom. The van der Waals surface area contributed by atoms with Crippen molar-refractivity contribution in [1.29, 1.82) is 0 Å². The average molecular weight is 223 g/mol. The van der Waals surface area contributed by atoms with Crippen molar-refractivity contribution in [2.75, 3.05) is 13.7 Å². The van der Waals surface area contributed by atoms with E-state index in [2.05, 4.69) is 5.32 Å². The van der Waals surface area contributed by atoms with Gasteiger partial charge in [-0.3, -0.25) is 4.79 Å². The lowest BCUT2D eigenvalue weighted by Gasteiger charge is -2.07. The number of benzene rings is 1. The lowest BCUT2D eigenvalue weighted by Crippen LogP contribution is -2.24. The molecule has 0 radical (unpaired) electrons. The van der Waals surface area contributed by atoms with Crippen molar-refractivity contribution in [1.82, 2.24) is 5.32 Å². The van der Waals surface area contributed by atoms with Crippen LogP contribution in [0.4, 0.5) is 0 Å². The first-order valence-electron chi connectivity index (χ1n) is 5.30. The van der Waals surface area contributed by atoms with Crippen LogP contribution in [0, 0.1) is 0 Å². The molecule has 0 unspecified atom stereocenters. The standard InChI is InChI=1S/C12H17NO3/c1-3-12(15)13-7-6-9-4-5-11(16-2)10(14)8-9/h4-5,8,14H,3,6-7H2,1-2H3,(H,13,15). The zero-order valence-electron chi connectivity index (χ0n) is 9.62. The molecule has 0 aliphatic heterocycles. The maximum absolute atomic E-state index is 11.0.